The Morgan fingerprint density at radius 1 is 1.45 bits per heavy atom. The van der Waals surface area contributed by atoms with Gasteiger partial charge in [-0.25, -0.2) is 9.78 Å². The summed E-state index contributed by atoms with van der Waals surface area (Å²) in [4.78, 5) is 32.3. The first-order valence-corrected chi connectivity index (χ1v) is 7.48. The SMILES string of the molecule is CCOC(=O)/C=C/c1c[nH]c(=O)c(N2CCCOCCC2)n1. The molecule has 1 fully saturated rings. The minimum atomic E-state index is -0.430. The second-order valence-electron chi connectivity index (χ2n) is 4.87. The van der Waals surface area contributed by atoms with Gasteiger partial charge in [0, 0.05) is 38.6 Å². The quantitative estimate of drug-likeness (QED) is 0.659. The smallest absolute Gasteiger partial charge is 0.330 e. The molecular formula is C15H21N3O4. The van der Waals surface area contributed by atoms with E-state index in [1.807, 2.05) is 4.90 Å². The molecule has 1 aliphatic rings. The van der Waals surface area contributed by atoms with Crippen molar-refractivity contribution in [3.05, 3.63) is 28.3 Å². The van der Waals surface area contributed by atoms with Gasteiger partial charge in [0.25, 0.3) is 5.56 Å². The number of aromatic nitrogens is 2. The Morgan fingerprint density at radius 2 is 2.18 bits per heavy atom. The van der Waals surface area contributed by atoms with Gasteiger partial charge in [-0.3, -0.25) is 4.79 Å². The van der Waals surface area contributed by atoms with Crippen LogP contribution < -0.4 is 10.5 Å². The second-order valence-corrected chi connectivity index (χ2v) is 4.87. The zero-order valence-corrected chi connectivity index (χ0v) is 12.7. The number of hydrogen-bond donors (Lipinski definition) is 1. The third-order valence-electron chi connectivity index (χ3n) is 3.20. The third-order valence-corrected chi connectivity index (χ3v) is 3.20. The molecule has 0 spiro atoms. The lowest BCUT2D eigenvalue weighted by Crippen LogP contribution is -2.34. The number of aromatic amines is 1. The van der Waals surface area contributed by atoms with Crippen molar-refractivity contribution in [2.75, 3.05) is 37.8 Å². The lowest BCUT2D eigenvalue weighted by molar-refractivity contribution is -0.137. The van der Waals surface area contributed by atoms with E-state index < -0.39 is 5.97 Å². The van der Waals surface area contributed by atoms with Crippen molar-refractivity contribution in [3.8, 4) is 0 Å². The molecule has 0 saturated carbocycles. The van der Waals surface area contributed by atoms with Crippen LogP contribution in [0, 0.1) is 0 Å². The highest BCUT2D eigenvalue weighted by atomic mass is 16.5. The van der Waals surface area contributed by atoms with Crippen LogP contribution in [0.3, 0.4) is 0 Å². The fourth-order valence-electron chi connectivity index (χ4n) is 2.19. The Bertz CT molecular complexity index is 574. The lowest BCUT2D eigenvalue weighted by atomic mass is 10.3. The Morgan fingerprint density at radius 3 is 2.86 bits per heavy atom. The molecule has 1 aliphatic heterocycles. The van der Waals surface area contributed by atoms with E-state index in [0.717, 1.165) is 25.9 Å². The van der Waals surface area contributed by atoms with Crippen LogP contribution in [0.2, 0.25) is 0 Å². The number of carbonyl (C=O) groups excluding carboxylic acids is 1. The zero-order valence-electron chi connectivity index (χ0n) is 12.7. The second kappa shape index (κ2) is 8.33. The summed E-state index contributed by atoms with van der Waals surface area (Å²) >= 11 is 0. The summed E-state index contributed by atoms with van der Waals surface area (Å²) in [6.07, 6.45) is 6.02. The topological polar surface area (TPSA) is 84.5 Å². The fourth-order valence-corrected chi connectivity index (χ4v) is 2.19. The predicted molar refractivity (Wildman–Crippen MR) is 82.8 cm³/mol. The molecule has 1 saturated heterocycles. The van der Waals surface area contributed by atoms with Crippen LogP contribution in [0.4, 0.5) is 5.82 Å². The van der Waals surface area contributed by atoms with Gasteiger partial charge in [0.15, 0.2) is 5.82 Å². The number of rotatable bonds is 4. The molecule has 2 heterocycles. The summed E-state index contributed by atoms with van der Waals surface area (Å²) in [5.41, 5.74) is 0.288. The minimum absolute atomic E-state index is 0.227. The molecule has 0 aromatic carbocycles. The largest absolute Gasteiger partial charge is 0.463 e. The molecule has 2 rings (SSSR count). The molecule has 1 N–H and O–H groups in total. The molecule has 1 aromatic heterocycles. The van der Waals surface area contributed by atoms with Crippen LogP contribution in [0.5, 0.6) is 0 Å². The summed E-state index contributed by atoms with van der Waals surface area (Å²) in [7, 11) is 0. The van der Waals surface area contributed by atoms with Gasteiger partial charge < -0.3 is 19.4 Å². The van der Waals surface area contributed by atoms with Crippen LogP contribution in [0.15, 0.2) is 17.1 Å². The van der Waals surface area contributed by atoms with E-state index in [-0.39, 0.29) is 5.56 Å². The van der Waals surface area contributed by atoms with Crippen molar-refractivity contribution in [3.63, 3.8) is 0 Å². The first kappa shape index (κ1) is 16.2. The van der Waals surface area contributed by atoms with Gasteiger partial charge in [0.2, 0.25) is 0 Å². The number of esters is 1. The van der Waals surface area contributed by atoms with E-state index in [0.29, 0.717) is 31.3 Å². The molecule has 0 unspecified atom stereocenters. The van der Waals surface area contributed by atoms with Crippen LogP contribution in [-0.2, 0) is 14.3 Å². The van der Waals surface area contributed by atoms with Gasteiger partial charge in [-0.05, 0) is 25.8 Å². The monoisotopic (exact) mass is 307 g/mol. The van der Waals surface area contributed by atoms with Crippen molar-refractivity contribution in [1.29, 1.82) is 0 Å². The highest BCUT2D eigenvalue weighted by Crippen LogP contribution is 2.10. The maximum absolute atomic E-state index is 12.0. The normalized spacial score (nSPS) is 16.3. The van der Waals surface area contributed by atoms with Crippen molar-refractivity contribution >= 4 is 17.9 Å². The van der Waals surface area contributed by atoms with Crippen LogP contribution in [0.25, 0.3) is 6.08 Å². The number of ether oxygens (including phenoxy) is 2. The fraction of sp³-hybridized carbons (Fsp3) is 0.533. The molecule has 0 amide bonds. The van der Waals surface area contributed by atoms with Crippen molar-refractivity contribution in [2.45, 2.75) is 19.8 Å². The van der Waals surface area contributed by atoms with Gasteiger partial charge >= 0.3 is 5.97 Å². The highest BCUT2D eigenvalue weighted by Gasteiger charge is 2.14. The molecule has 0 radical (unpaired) electrons. The summed E-state index contributed by atoms with van der Waals surface area (Å²) < 4.78 is 10.2. The van der Waals surface area contributed by atoms with Crippen molar-refractivity contribution in [2.24, 2.45) is 0 Å². The molecule has 0 atom stereocenters. The van der Waals surface area contributed by atoms with E-state index >= 15 is 0 Å². The first-order valence-electron chi connectivity index (χ1n) is 7.48. The average Bonchev–Trinajstić information content (AvgIpc) is 2.47. The van der Waals surface area contributed by atoms with Gasteiger partial charge in [0.05, 0.1) is 12.3 Å². The number of anilines is 1. The van der Waals surface area contributed by atoms with Crippen LogP contribution in [0.1, 0.15) is 25.5 Å². The Kier molecular flexibility index (Phi) is 6.14. The van der Waals surface area contributed by atoms with E-state index in [2.05, 4.69) is 9.97 Å². The van der Waals surface area contributed by atoms with Crippen LogP contribution >= 0.6 is 0 Å². The molecule has 7 nitrogen and oxygen atoms in total. The van der Waals surface area contributed by atoms with E-state index in [4.69, 9.17) is 9.47 Å². The van der Waals surface area contributed by atoms with E-state index in [9.17, 15) is 9.59 Å². The van der Waals surface area contributed by atoms with Gasteiger partial charge in [-0.1, -0.05) is 0 Å². The molecule has 7 heteroatoms. The predicted octanol–water partition coefficient (Wildman–Crippen LogP) is 0.963. The molecule has 0 bridgehead atoms. The molecule has 1 aromatic rings. The molecule has 22 heavy (non-hydrogen) atoms. The number of nitrogens with one attached hydrogen (secondary N) is 1. The number of carbonyl (C=O) groups is 1. The minimum Gasteiger partial charge on any atom is -0.463 e. The van der Waals surface area contributed by atoms with Crippen molar-refractivity contribution in [1.82, 2.24) is 9.97 Å². The first-order chi connectivity index (χ1) is 10.7. The number of hydrogen-bond acceptors (Lipinski definition) is 6. The van der Waals surface area contributed by atoms with Crippen LogP contribution in [-0.4, -0.2) is 48.8 Å². The molecule has 0 aliphatic carbocycles. The zero-order chi connectivity index (χ0) is 15.8. The maximum Gasteiger partial charge on any atom is 0.330 e. The lowest BCUT2D eigenvalue weighted by Gasteiger charge is -2.25. The van der Waals surface area contributed by atoms with E-state index in [1.165, 1.54) is 18.3 Å². The summed E-state index contributed by atoms with van der Waals surface area (Å²) in [6.45, 7) is 4.90. The molecular weight excluding hydrogens is 286 g/mol. The Hall–Kier alpha value is -2.15. The highest BCUT2D eigenvalue weighted by molar-refractivity contribution is 5.86. The van der Waals surface area contributed by atoms with Gasteiger partial charge in [0.1, 0.15) is 0 Å². The summed E-state index contributed by atoms with van der Waals surface area (Å²) in [6, 6.07) is 0. The average molecular weight is 307 g/mol. The van der Waals surface area contributed by atoms with E-state index in [1.54, 1.807) is 6.92 Å². The third kappa shape index (κ3) is 4.70. The Balaban J connectivity index is 2.15. The van der Waals surface area contributed by atoms with Gasteiger partial charge in [-0.2, -0.15) is 0 Å². The number of H-pyrrole nitrogens is 1. The maximum atomic E-state index is 12.0. The molecule has 120 valence electrons. The summed E-state index contributed by atoms with van der Waals surface area (Å²) in [5, 5.41) is 0. The van der Waals surface area contributed by atoms with Gasteiger partial charge in [-0.15, -0.1) is 0 Å². The standard InChI is InChI=1S/C15H21N3O4/c1-2-22-13(19)6-5-12-11-16-15(20)14(17-12)18-7-3-9-21-10-4-8-18/h5-6,11H,2-4,7-10H2,1H3,(H,16,20)/b6-5+. The summed E-state index contributed by atoms with van der Waals surface area (Å²) in [5.74, 6) is -0.0478. The Labute approximate surface area is 128 Å². The number of nitrogens with zero attached hydrogens (tertiary/aromatic N) is 2. The van der Waals surface area contributed by atoms with Crippen molar-refractivity contribution < 1.29 is 14.3 Å².